The molecule has 1 aromatic rings. The fourth-order valence-electron chi connectivity index (χ4n) is 3.03. The first-order valence-corrected chi connectivity index (χ1v) is 6.23. The van der Waals surface area contributed by atoms with E-state index in [2.05, 4.69) is 13.8 Å². The average molecular weight is 257 g/mol. The summed E-state index contributed by atoms with van der Waals surface area (Å²) in [6.07, 6.45) is 2.96. The molecule has 0 aliphatic heterocycles. The SMILES string of the molecule is CC1(C)CCCC1C(N)c1ccc(F)c(F)c1F. The second-order valence-electron chi connectivity index (χ2n) is 5.78. The number of nitrogens with two attached hydrogens (primary N) is 1. The highest BCUT2D eigenvalue weighted by atomic mass is 19.2. The van der Waals surface area contributed by atoms with E-state index in [0.29, 0.717) is 0 Å². The highest BCUT2D eigenvalue weighted by Crippen LogP contribution is 2.48. The third-order valence-corrected chi connectivity index (χ3v) is 4.20. The number of hydrogen-bond acceptors (Lipinski definition) is 1. The molecule has 100 valence electrons. The maximum Gasteiger partial charge on any atom is 0.194 e. The molecule has 0 radical (unpaired) electrons. The van der Waals surface area contributed by atoms with Crippen molar-refractivity contribution in [2.24, 2.45) is 17.1 Å². The largest absolute Gasteiger partial charge is 0.324 e. The molecule has 1 saturated carbocycles. The number of benzene rings is 1. The van der Waals surface area contributed by atoms with Gasteiger partial charge in [-0.2, -0.15) is 0 Å². The van der Waals surface area contributed by atoms with Crippen molar-refractivity contribution in [1.82, 2.24) is 0 Å². The zero-order chi connectivity index (χ0) is 13.5. The quantitative estimate of drug-likeness (QED) is 0.798. The van der Waals surface area contributed by atoms with Gasteiger partial charge in [0.1, 0.15) is 0 Å². The fraction of sp³-hybridized carbons (Fsp3) is 0.571. The van der Waals surface area contributed by atoms with E-state index in [1.807, 2.05) is 0 Å². The van der Waals surface area contributed by atoms with Crippen LogP contribution in [-0.4, -0.2) is 0 Å². The normalized spacial score (nSPS) is 24.2. The van der Waals surface area contributed by atoms with Gasteiger partial charge in [-0.3, -0.25) is 0 Å². The minimum Gasteiger partial charge on any atom is -0.324 e. The van der Waals surface area contributed by atoms with E-state index in [4.69, 9.17) is 5.73 Å². The lowest BCUT2D eigenvalue weighted by molar-refractivity contribution is 0.218. The molecule has 0 aromatic heterocycles. The predicted molar refractivity (Wildman–Crippen MR) is 64.4 cm³/mol. The van der Waals surface area contributed by atoms with Crippen LogP contribution in [0.1, 0.15) is 44.7 Å². The summed E-state index contributed by atoms with van der Waals surface area (Å²) in [6, 6.07) is 1.61. The van der Waals surface area contributed by atoms with Crippen molar-refractivity contribution in [3.63, 3.8) is 0 Å². The van der Waals surface area contributed by atoms with Crippen LogP contribution in [0.25, 0.3) is 0 Å². The van der Waals surface area contributed by atoms with Crippen LogP contribution < -0.4 is 5.73 Å². The van der Waals surface area contributed by atoms with Gasteiger partial charge in [-0.05, 0) is 30.2 Å². The summed E-state index contributed by atoms with van der Waals surface area (Å²) >= 11 is 0. The molecule has 2 unspecified atom stereocenters. The number of halogens is 3. The second kappa shape index (κ2) is 4.57. The molecular formula is C14H18F3N. The van der Waals surface area contributed by atoms with E-state index in [1.165, 1.54) is 6.07 Å². The van der Waals surface area contributed by atoms with Crippen molar-refractivity contribution in [2.45, 2.75) is 39.2 Å². The third-order valence-electron chi connectivity index (χ3n) is 4.20. The van der Waals surface area contributed by atoms with E-state index < -0.39 is 23.5 Å². The summed E-state index contributed by atoms with van der Waals surface area (Å²) in [4.78, 5) is 0. The zero-order valence-electron chi connectivity index (χ0n) is 10.6. The van der Waals surface area contributed by atoms with Crippen LogP contribution in [0.5, 0.6) is 0 Å². The first-order valence-electron chi connectivity index (χ1n) is 6.23. The second-order valence-corrected chi connectivity index (χ2v) is 5.78. The Morgan fingerprint density at radius 1 is 1.22 bits per heavy atom. The van der Waals surface area contributed by atoms with Crippen molar-refractivity contribution in [3.05, 3.63) is 35.1 Å². The number of rotatable bonds is 2. The third kappa shape index (κ3) is 2.14. The van der Waals surface area contributed by atoms with Gasteiger partial charge in [-0.15, -0.1) is 0 Å². The molecule has 1 fully saturated rings. The molecule has 0 saturated heterocycles. The molecule has 1 aromatic carbocycles. The van der Waals surface area contributed by atoms with Gasteiger partial charge in [0, 0.05) is 11.6 Å². The topological polar surface area (TPSA) is 26.0 Å². The Bertz CT molecular complexity index is 457. The first-order chi connectivity index (χ1) is 8.34. The molecule has 0 heterocycles. The van der Waals surface area contributed by atoms with E-state index in [-0.39, 0.29) is 16.9 Å². The average Bonchev–Trinajstić information content (AvgIpc) is 2.65. The lowest BCUT2D eigenvalue weighted by Gasteiger charge is -2.32. The molecule has 2 rings (SSSR count). The van der Waals surface area contributed by atoms with Crippen molar-refractivity contribution in [2.75, 3.05) is 0 Å². The molecule has 0 bridgehead atoms. The first kappa shape index (κ1) is 13.4. The van der Waals surface area contributed by atoms with E-state index in [0.717, 1.165) is 25.3 Å². The Morgan fingerprint density at radius 3 is 2.44 bits per heavy atom. The van der Waals surface area contributed by atoms with Crippen LogP contribution in [0.2, 0.25) is 0 Å². The minimum atomic E-state index is -1.43. The lowest BCUT2D eigenvalue weighted by Crippen LogP contribution is -2.30. The van der Waals surface area contributed by atoms with Gasteiger partial charge in [0.2, 0.25) is 0 Å². The molecule has 0 spiro atoms. The Kier molecular flexibility index (Phi) is 3.41. The van der Waals surface area contributed by atoms with E-state index >= 15 is 0 Å². The van der Waals surface area contributed by atoms with Crippen molar-refractivity contribution < 1.29 is 13.2 Å². The van der Waals surface area contributed by atoms with Gasteiger partial charge in [-0.25, -0.2) is 13.2 Å². The number of hydrogen-bond donors (Lipinski definition) is 1. The highest BCUT2D eigenvalue weighted by molar-refractivity contribution is 5.24. The molecule has 2 N–H and O–H groups in total. The highest BCUT2D eigenvalue weighted by Gasteiger charge is 2.39. The van der Waals surface area contributed by atoms with Gasteiger partial charge < -0.3 is 5.73 Å². The van der Waals surface area contributed by atoms with Crippen molar-refractivity contribution >= 4 is 0 Å². The van der Waals surface area contributed by atoms with E-state index in [9.17, 15) is 13.2 Å². The minimum absolute atomic E-state index is 0.0106. The van der Waals surface area contributed by atoms with Crippen molar-refractivity contribution in [3.8, 4) is 0 Å². The molecule has 0 amide bonds. The Hall–Kier alpha value is -1.03. The summed E-state index contributed by atoms with van der Waals surface area (Å²) < 4.78 is 39.8. The van der Waals surface area contributed by atoms with Crippen LogP contribution in [-0.2, 0) is 0 Å². The van der Waals surface area contributed by atoms with Gasteiger partial charge in [0.05, 0.1) is 0 Å². The zero-order valence-corrected chi connectivity index (χ0v) is 10.6. The van der Waals surface area contributed by atoms with Gasteiger partial charge in [0.15, 0.2) is 17.5 Å². The molecule has 1 aliphatic carbocycles. The molecule has 4 heteroatoms. The van der Waals surface area contributed by atoms with Crippen LogP contribution >= 0.6 is 0 Å². The van der Waals surface area contributed by atoms with Crippen LogP contribution in [0.3, 0.4) is 0 Å². The molecule has 18 heavy (non-hydrogen) atoms. The van der Waals surface area contributed by atoms with Gasteiger partial charge >= 0.3 is 0 Å². The molecule has 1 nitrogen and oxygen atoms in total. The smallest absolute Gasteiger partial charge is 0.194 e. The molecule has 2 atom stereocenters. The molecule has 1 aliphatic rings. The molecular weight excluding hydrogens is 239 g/mol. The monoisotopic (exact) mass is 257 g/mol. The predicted octanol–water partition coefficient (Wildman–Crippen LogP) is 3.93. The van der Waals surface area contributed by atoms with Gasteiger partial charge in [-0.1, -0.05) is 26.3 Å². The maximum absolute atomic E-state index is 13.7. The maximum atomic E-state index is 13.7. The van der Waals surface area contributed by atoms with Crippen LogP contribution in [0, 0.1) is 28.8 Å². The van der Waals surface area contributed by atoms with Crippen molar-refractivity contribution in [1.29, 1.82) is 0 Å². The van der Waals surface area contributed by atoms with E-state index in [1.54, 1.807) is 0 Å². The lowest BCUT2D eigenvalue weighted by atomic mass is 9.76. The fourth-order valence-corrected chi connectivity index (χ4v) is 3.03. The summed E-state index contributed by atoms with van der Waals surface area (Å²) in [5.41, 5.74) is 6.15. The summed E-state index contributed by atoms with van der Waals surface area (Å²) in [6.45, 7) is 4.17. The standard InChI is InChI=1S/C14H18F3N/c1-14(2)7-3-4-9(14)13(18)8-5-6-10(15)12(17)11(8)16/h5-6,9,13H,3-4,7,18H2,1-2H3. The van der Waals surface area contributed by atoms with Crippen LogP contribution in [0.4, 0.5) is 13.2 Å². The Labute approximate surface area is 105 Å². The summed E-state index contributed by atoms with van der Waals surface area (Å²) in [5.74, 6) is -3.66. The summed E-state index contributed by atoms with van der Waals surface area (Å²) in [7, 11) is 0. The Morgan fingerprint density at radius 2 is 1.89 bits per heavy atom. The van der Waals surface area contributed by atoms with Crippen LogP contribution in [0.15, 0.2) is 12.1 Å². The summed E-state index contributed by atoms with van der Waals surface area (Å²) in [5, 5.41) is 0. The van der Waals surface area contributed by atoms with Gasteiger partial charge in [0.25, 0.3) is 0 Å². The Balaban J connectivity index is 2.35.